The van der Waals surface area contributed by atoms with Crippen molar-refractivity contribution in [1.82, 2.24) is 0 Å². The second kappa shape index (κ2) is 6.05. The minimum atomic E-state index is -0.369. The molecule has 104 valence electrons. The molecular weight excluding hydrogens is 320 g/mol. The molecule has 0 aliphatic heterocycles. The van der Waals surface area contributed by atoms with Crippen LogP contribution in [0.2, 0.25) is 0 Å². The SMILES string of the molecule is Cc1ccc(CNc2cc(C)ccc2[N+](=O)[O-])c(Br)c1. The summed E-state index contributed by atoms with van der Waals surface area (Å²) in [5, 5.41) is 14.2. The smallest absolute Gasteiger partial charge is 0.292 e. The van der Waals surface area contributed by atoms with E-state index in [1.807, 2.05) is 32.0 Å². The van der Waals surface area contributed by atoms with Crippen LogP contribution >= 0.6 is 15.9 Å². The third-order valence-electron chi connectivity index (χ3n) is 3.03. The molecule has 0 saturated heterocycles. The van der Waals surface area contributed by atoms with Crippen molar-refractivity contribution in [2.75, 3.05) is 5.32 Å². The Bertz CT molecular complexity index is 656. The van der Waals surface area contributed by atoms with E-state index in [0.717, 1.165) is 15.6 Å². The van der Waals surface area contributed by atoms with Gasteiger partial charge in [-0.05, 0) is 42.7 Å². The number of halogens is 1. The zero-order valence-corrected chi connectivity index (χ0v) is 12.9. The van der Waals surface area contributed by atoms with E-state index in [2.05, 4.69) is 21.2 Å². The van der Waals surface area contributed by atoms with Crippen LogP contribution in [0.4, 0.5) is 11.4 Å². The number of nitrogens with zero attached hydrogens (tertiary/aromatic N) is 1. The molecule has 0 radical (unpaired) electrons. The molecule has 0 unspecified atom stereocenters. The molecule has 2 aromatic rings. The number of nitrogens with one attached hydrogen (secondary N) is 1. The molecular formula is C15H15BrN2O2. The number of nitro groups is 1. The van der Waals surface area contributed by atoms with E-state index in [0.29, 0.717) is 12.2 Å². The molecule has 0 aromatic heterocycles. The van der Waals surface area contributed by atoms with Gasteiger partial charge in [-0.2, -0.15) is 0 Å². The molecule has 0 aliphatic carbocycles. The number of hydrogen-bond donors (Lipinski definition) is 1. The van der Waals surface area contributed by atoms with Crippen LogP contribution in [0.3, 0.4) is 0 Å². The molecule has 5 heteroatoms. The summed E-state index contributed by atoms with van der Waals surface area (Å²) < 4.78 is 1.00. The molecule has 4 nitrogen and oxygen atoms in total. The van der Waals surface area contributed by atoms with Gasteiger partial charge in [-0.1, -0.05) is 34.1 Å². The second-order valence-corrected chi connectivity index (χ2v) is 5.58. The van der Waals surface area contributed by atoms with Gasteiger partial charge in [0.25, 0.3) is 5.69 Å². The third kappa shape index (κ3) is 3.36. The van der Waals surface area contributed by atoms with Crippen LogP contribution in [0.15, 0.2) is 40.9 Å². The van der Waals surface area contributed by atoms with Crippen molar-refractivity contribution < 1.29 is 4.92 Å². The molecule has 2 aromatic carbocycles. The van der Waals surface area contributed by atoms with Crippen LogP contribution in [0.5, 0.6) is 0 Å². The summed E-state index contributed by atoms with van der Waals surface area (Å²) in [5.41, 5.74) is 3.86. The van der Waals surface area contributed by atoms with Crippen molar-refractivity contribution in [1.29, 1.82) is 0 Å². The van der Waals surface area contributed by atoms with Crippen molar-refractivity contribution in [2.45, 2.75) is 20.4 Å². The van der Waals surface area contributed by atoms with E-state index in [4.69, 9.17) is 0 Å². The summed E-state index contributed by atoms with van der Waals surface area (Å²) in [5.74, 6) is 0. The summed E-state index contributed by atoms with van der Waals surface area (Å²) in [7, 11) is 0. The lowest BCUT2D eigenvalue weighted by molar-refractivity contribution is -0.384. The predicted molar refractivity (Wildman–Crippen MR) is 84.0 cm³/mol. The first kappa shape index (κ1) is 14.5. The first-order valence-electron chi connectivity index (χ1n) is 6.21. The van der Waals surface area contributed by atoms with Gasteiger partial charge in [0.15, 0.2) is 0 Å². The lowest BCUT2D eigenvalue weighted by atomic mass is 10.1. The monoisotopic (exact) mass is 334 g/mol. The van der Waals surface area contributed by atoms with E-state index in [1.54, 1.807) is 12.1 Å². The molecule has 0 bridgehead atoms. The van der Waals surface area contributed by atoms with Crippen molar-refractivity contribution in [3.05, 3.63) is 67.7 Å². The maximum absolute atomic E-state index is 11.0. The molecule has 0 atom stereocenters. The van der Waals surface area contributed by atoms with Crippen molar-refractivity contribution in [3.8, 4) is 0 Å². The number of nitro benzene ring substituents is 1. The molecule has 0 amide bonds. The highest BCUT2D eigenvalue weighted by atomic mass is 79.9. The minimum absolute atomic E-state index is 0.0961. The summed E-state index contributed by atoms with van der Waals surface area (Å²) in [6, 6.07) is 11.1. The summed E-state index contributed by atoms with van der Waals surface area (Å²) >= 11 is 3.51. The van der Waals surface area contributed by atoms with E-state index in [1.165, 1.54) is 11.6 Å². The molecule has 1 N–H and O–H groups in total. The molecule has 20 heavy (non-hydrogen) atoms. The van der Waals surface area contributed by atoms with Gasteiger partial charge in [0.05, 0.1) is 4.92 Å². The fraction of sp³-hybridized carbons (Fsp3) is 0.200. The lowest BCUT2D eigenvalue weighted by Gasteiger charge is -2.10. The highest BCUT2D eigenvalue weighted by Gasteiger charge is 2.13. The average Bonchev–Trinajstić information content (AvgIpc) is 2.37. The second-order valence-electron chi connectivity index (χ2n) is 4.73. The van der Waals surface area contributed by atoms with Crippen LogP contribution in [0, 0.1) is 24.0 Å². The zero-order valence-electron chi connectivity index (χ0n) is 11.3. The largest absolute Gasteiger partial charge is 0.375 e. The number of hydrogen-bond acceptors (Lipinski definition) is 3. The van der Waals surface area contributed by atoms with Crippen LogP contribution in [-0.2, 0) is 6.54 Å². The predicted octanol–water partition coefficient (Wildman–Crippen LogP) is 4.59. The summed E-state index contributed by atoms with van der Waals surface area (Å²) in [4.78, 5) is 10.6. The Hall–Kier alpha value is -1.88. The molecule has 0 fully saturated rings. The van der Waals surface area contributed by atoms with Gasteiger partial charge in [0, 0.05) is 17.1 Å². The molecule has 0 heterocycles. The Morgan fingerprint density at radius 1 is 1.15 bits per heavy atom. The Morgan fingerprint density at radius 2 is 1.80 bits per heavy atom. The van der Waals surface area contributed by atoms with Crippen LogP contribution in [-0.4, -0.2) is 4.92 Å². The highest BCUT2D eigenvalue weighted by Crippen LogP contribution is 2.27. The maximum atomic E-state index is 11.0. The topological polar surface area (TPSA) is 55.2 Å². The van der Waals surface area contributed by atoms with Gasteiger partial charge in [0.2, 0.25) is 0 Å². The molecule has 0 aliphatic rings. The Morgan fingerprint density at radius 3 is 2.45 bits per heavy atom. The normalized spacial score (nSPS) is 10.3. The summed E-state index contributed by atoms with van der Waals surface area (Å²) in [6.45, 7) is 4.47. The van der Waals surface area contributed by atoms with Crippen molar-refractivity contribution in [3.63, 3.8) is 0 Å². The summed E-state index contributed by atoms with van der Waals surface area (Å²) in [6.07, 6.45) is 0. The quantitative estimate of drug-likeness (QED) is 0.657. The third-order valence-corrected chi connectivity index (χ3v) is 3.76. The average molecular weight is 335 g/mol. The number of aryl methyl sites for hydroxylation is 2. The van der Waals surface area contributed by atoms with Gasteiger partial charge in [0.1, 0.15) is 5.69 Å². The van der Waals surface area contributed by atoms with E-state index >= 15 is 0 Å². The van der Waals surface area contributed by atoms with E-state index in [-0.39, 0.29) is 10.6 Å². The zero-order chi connectivity index (χ0) is 14.7. The van der Waals surface area contributed by atoms with Gasteiger partial charge in [-0.3, -0.25) is 10.1 Å². The molecule has 0 saturated carbocycles. The minimum Gasteiger partial charge on any atom is -0.375 e. The number of benzene rings is 2. The van der Waals surface area contributed by atoms with Gasteiger partial charge in [-0.25, -0.2) is 0 Å². The number of anilines is 1. The highest BCUT2D eigenvalue weighted by molar-refractivity contribution is 9.10. The van der Waals surface area contributed by atoms with Crippen LogP contribution in [0.1, 0.15) is 16.7 Å². The van der Waals surface area contributed by atoms with Crippen LogP contribution < -0.4 is 5.32 Å². The molecule has 2 rings (SSSR count). The van der Waals surface area contributed by atoms with E-state index in [9.17, 15) is 10.1 Å². The van der Waals surface area contributed by atoms with Crippen LogP contribution in [0.25, 0.3) is 0 Å². The Balaban J connectivity index is 2.22. The Labute approximate surface area is 126 Å². The maximum Gasteiger partial charge on any atom is 0.292 e. The standard InChI is InChI=1S/C15H15BrN2O2/c1-10-3-5-12(13(16)7-10)9-17-14-8-11(2)4-6-15(14)18(19)20/h3-8,17H,9H2,1-2H3. The van der Waals surface area contributed by atoms with Crippen molar-refractivity contribution in [2.24, 2.45) is 0 Å². The van der Waals surface area contributed by atoms with Gasteiger partial charge in [-0.15, -0.1) is 0 Å². The Kier molecular flexibility index (Phi) is 4.39. The van der Waals surface area contributed by atoms with Crippen molar-refractivity contribution >= 4 is 27.3 Å². The lowest BCUT2D eigenvalue weighted by Crippen LogP contribution is -2.03. The molecule has 0 spiro atoms. The number of rotatable bonds is 4. The van der Waals surface area contributed by atoms with E-state index < -0.39 is 0 Å². The first-order chi connectivity index (χ1) is 9.47. The fourth-order valence-electron chi connectivity index (χ4n) is 1.94. The fourth-order valence-corrected chi connectivity index (χ4v) is 2.57. The van der Waals surface area contributed by atoms with Gasteiger partial charge >= 0.3 is 0 Å². The first-order valence-corrected chi connectivity index (χ1v) is 7.00. The van der Waals surface area contributed by atoms with Gasteiger partial charge < -0.3 is 5.32 Å².